The zero-order valence-electron chi connectivity index (χ0n) is 11.2. The number of carbonyl (C=O) groups excluding carboxylic acids is 1. The number of amides is 1. The highest BCUT2D eigenvalue weighted by Crippen LogP contribution is 2.27. The summed E-state index contributed by atoms with van der Waals surface area (Å²) < 4.78 is 10.1. The highest BCUT2D eigenvalue weighted by atomic mass is 35.5. The van der Waals surface area contributed by atoms with E-state index in [9.17, 15) is 4.79 Å². The minimum atomic E-state index is -0.309. The van der Waals surface area contributed by atoms with Crippen LogP contribution in [0.25, 0.3) is 11.3 Å². The molecule has 0 bridgehead atoms. The van der Waals surface area contributed by atoms with Crippen molar-refractivity contribution in [1.82, 2.24) is 10.5 Å². The standard InChI is InChI=1S/C14H15ClN2O3/c1-9(8-19-2)16-14(18)12-7-13(20-17-12)10-5-3-4-6-11(10)15/h3-7,9H,8H2,1-2H3,(H,16,18)/t9-/m0/s1. The third-order valence-electron chi connectivity index (χ3n) is 2.68. The molecule has 6 heteroatoms. The van der Waals surface area contributed by atoms with Crippen molar-refractivity contribution in [3.05, 3.63) is 41.0 Å². The number of ether oxygens (including phenoxy) is 1. The molecule has 2 rings (SSSR count). The molecule has 1 atom stereocenters. The first kappa shape index (κ1) is 14.6. The second-order valence-corrected chi connectivity index (χ2v) is 4.79. The fourth-order valence-electron chi connectivity index (χ4n) is 1.76. The van der Waals surface area contributed by atoms with Gasteiger partial charge >= 0.3 is 0 Å². The topological polar surface area (TPSA) is 64.4 Å². The Kier molecular flexibility index (Phi) is 4.76. The first-order chi connectivity index (χ1) is 9.61. The molecule has 0 radical (unpaired) electrons. The maximum absolute atomic E-state index is 11.9. The van der Waals surface area contributed by atoms with E-state index in [1.165, 1.54) is 0 Å². The molecule has 0 unspecified atom stereocenters. The SMILES string of the molecule is COC[C@H](C)NC(=O)c1cc(-c2ccccc2Cl)on1. The Morgan fingerprint density at radius 3 is 2.95 bits per heavy atom. The summed E-state index contributed by atoms with van der Waals surface area (Å²) in [5, 5.41) is 7.06. The molecule has 1 N–H and O–H groups in total. The van der Waals surface area contributed by atoms with Crippen LogP contribution in [-0.2, 0) is 4.74 Å². The maximum Gasteiger partial charge on any atom is 0.273 e. The molecule has 0 fully saturated rings. The van der Waals surface area contributed by atoms with Gasteiger partial charge in [0.1, 0.15) is 0 Å². The number of methoxy groups -OCH3 is 1. The molecule has 1 heterocycles. The number of carbonyl (C=O) groups is 1. The highest BCUT2D eigenvalue weighted by molar-refractivity contribution is 6.33. The van der Waals surface area contributed by atoms with Crippen molar-refractivity contribution >= 4 is 17.5 Å². The van der Waals surface area contributed by atoms with E-state index in [2.05, 4.69) is 10.5 Å². The Morgan fingerprint density at radius 2 is 2.25 bits per heavy atom. The van der Waals surface area contributed by atoms with Crippen LogP contribution in [0, 0.1) is 0 Å². The van der Waals surface area contributed by atoms with E-state index >= 15 is 0 Å². The largest absolute Gasteiger partial charge is 0.383 e. The lowest BCUT2D eigenvalue weighted by Crippen LogP contribution is -2.35. The lowest BCUT2D eigenvalue weighted by atomic mass is 10.1. The van der Waals surface area contributed by atoms with Gasteiger partial charge in [0.05, 0.1) is 11.6 Å². The first-order valence-electron chi connectivity index (χ1n) is 6.13. The molecule has 0 saturated heterocycles. The van der Waals surface area contributed by atoms with E-state index < -0.39 is 0 Å². The van der Waals surface area contributed by atoms with E-state index in [1.807, 2.05) is 19.1 Å². The molecule has 106 valence electrons. The zero-order valence-corrected chi connectivity index (χ0v) is 12.0. The van der Waals surface area contributed by atoms with E-state index in [-0.39, 0.29) is 17.6 Å². The Hall–Kier alpha value is -1.85. The molecule has 20 heavy (non-hydrogen) atoms. The van der Waals surface area contributed by atoms with Crippen molar-refractivity contribution in [3.63, 3.8) is 0 Å². The molecular formula is C14H15ClN2O3. The number of benzene rings is 1. The van der Waals surface area contributed by atoms with Gasteiger partial charge in [-0.15, -0.1) is 0 Å². The fourth-order valence-corrected chi connectivity index (χ4v) is 1.99. The van der Waals surface area contributed by atoms with E-state index in [0.29, 0.717) is 23.0 Å². The van der Waals surface area contributed by atoms with Gasteiger partial charge in [0.2, 0.25) is 0 Å². The molecule has 5 nitrogen and oxygen atoms in total. The zero-order chi connectivity index (χ0) is 14.5. The van der Waals surface area contributed by atoms with E-state index in [0.717, 1.165) is 0 Å². The molecule has 0 aliphatic rings. The summed E-state index contributed by atoms with van der Waals surface area (Å²) in [6, 6.07) is 8.67. The normalized spacial score (nSPS) is 12.2. The van der Waals surface area contributed by atoms with Gasteiger partial charge in [-0.3, -0.25) is 4.79 Å². The third-order valence-corrected chi connectivity index (χ3v) is 3.01. The van der Waals surface area contributed by atoms with Gasteiger partial charge in [-0.1, -0.05) is 28.9 Å². The number of nitrogens with zero attached hydrogens (tertiary/aromatic N) is 1. The predicted octanol–water partition coefficient (Wildman–Crippen LogP) is 2.76. The molecular weight excluding hydrogens is 280 g/mol. The summed E-state index contributed by atoms with van der Waals surface area (Å²) in [5.41, 5.74) is 0.911. The Morgan fingerprint density at radius 1 is 1.50 bits per heavy atom. The number of hydrogen-bond donors (Lipinski definition) is 1. The first-order valence-corrected chi connectivity index (χ1v) is 6.51. The van der Waals surface area contributed by atoms with Crippen LogP contribution in [0.4, 0.5) is 0 Å². The molecule has 0 spiro atoms. The predicted molar refractivity (Wildman–Crippen MR) is 75.8 cm³/mol. The Bertz CT molecular complexity index is 598. The minimum Gasteiger partial charge on any atom is -0.383 e. The van der Waals surface area contributed by atoms with Crippen LogP contribution in [0.15, 0.2) is 34.9 Å². The molecule has 1 aromatic carbocycles. The highest BCUT2D eigenvalue weighted by Gasteiger charge is 2.16. The summed E-state index contributed by atoms with van der Waals surface area (Å²) in [4.78, 5) is 11.9. The van der Waals surface area contributed by atoms with Crippen LogP contribution in [0.3, 0.4) is 0 Å². The summed E-state index contributed by atoms with van der Waals surface area (Å²) in [6.45, 7) is 2.28. The Labute approximate surface area is 121 Å². The quantitative estimate of drug-likeness (QED) is 0.921. The summed E-state index contributed by atoms with van der Waals surface area (Å²) in [5.74, 6) is 0.150. The van der Waals surface area contributed by atoms with Gasteiger partial charge in [-0.05, 0) is 19.1 Å². The lowest BCUT2D eigenvalue weighted by molar-refractivity contribution is 0.0896. The van der Waals surface area contributed by atoms with Crippen molar-refractivity contribution in [1.29, 1.82) is 0 Å². The average molecular weight is 295 g/mol. The number of nitrogens with one attached hydrogen (secondary N) is 1. The number of aromatic nitrogens is 1. The Balaban J connectivity index is 2.13. The van der Waals surface area contributed by atoms with Gasteiger partial charge in [-0.25, -0.2) is 0 Å². The van der Waals surface area contributed by atoms with E-state index in [1.54, 1.807) is 25.3 Å². The third kappa shape index (κ3) is 3.37. The monoisotopic (exact) mass is 294 g/mol. The lowest BCUT2D eigenvalue weighted by Gasteiger charge is -2.10. The second kappa shape index (κ2) is 6.54. The van der Waals surface area contributed by atoms with Gasteiger partial charge in [0.25, 0.3) is 5.91 Å². The molecule has 0 aliphatic heterocycles. The van der Waals surface area contributed by atoms with Gasteiger partial charge < -0.3 is 14.6 Å². The molecule has 1 amide bonds. The maximum atomic E-state index is 11.9. The van der Waals surface area contributed by atoms with Crippen molar-refractivity contribution < 1.29 is 14.1 Å². The summed E-state index contributed by atoms with van der Waals surface area (Å²) in [7, 11) is 1.58. The van der Waals surface area contributed by atoms with Gasteiger partial charge in [0, 0.05) is 24.8 Å². The second-order valence-electron chi connectivity index (χ2n) is 4.39. The minimum absolute atomic E-state index is 0.104. The number of halogens is 1. The van der Waals surface area contributed by atoms with Crippen molar-refractivity contribution in [2.24, 2.45) is 0 Å². The van der Waals surface area contributed by atoms with E-state index in [4.69, 9.17) is 20.9 Å². The fraction of sp³-hybridized carbons (Fsp3) is 0.286. The van der Waals surface area contributed by atoms with Crippen LogP contribution in [0.5, 0.6) is 0 Å². The van der Waals surface area contributed by atoms with Gasteiger partial charge in [-0.2, -0.15) is 0 Å². The molecule has 2 aromatic rings. The van der Waals surface area contributed by atoms with Gasteiger partial charge in [0.15, 0.2) is 11.5 Å². The average Bonchev–Trinajstić information content (AvgIpc) is 2.89. The molecule has 0 aliphatic carbocycles. The van der Waals surface area contributed by atoms with Crippen LogP contribution in [0.1, 0.15) is 17.4 Å². The smallest absolute Gasteiger partial charge is 0.273 e. The van der Waals surface area contributed by atoms with Crippen molar-refractivity contribution in [3.8, 4) is 11.3 Å². The number of rotatable bonds is 5. The van der Waals surface area contributed by atoms with Crippen LogP contribution >= 0.6 is 11.6 Å². The van der Waals surface area contributed by atoms with Crippen LogP contribution in [0.2, 0.25) is 5.02 Å². The summed E-state index contributed by atoms with van der Waals surface area (Å²) >= 11 is 6.07. The van der Waals surface area contributed by atoms with Crippen LogP contribution in [-0.4, -0.2) is 30.8 Å². The van der Waals surface area contributed by atoms with Crippen molar-refractivity contribution in [2.45, 2.75) is 13.0 Å². The summed E-state index contributed by atoms with van der Waals surface area (Å²) in [6.07, 6.45) is 0. The van der Waals surface area contributed by atoms with Crippen LogP contribution < -0.4 is 5.32 Å². The molecule has 1 aromatic heterocycles. The number of hydrogen-bond acceptors (Lipinski definition) is 4. The molecule has 0 saturated carbocycles. The van der Waals surface area contributed by atoms with Crippen molar-refractivity contribution in [2.75, 3.05) is 13.7 Å².